The summed E-state index contributed by atoms with van der Waals surface area (Å²) in [5, 5.41) is 2.70. The fourth-order valence-corrected chi connectivity index (χ4v) is 5.14. The quantitative estimate of drug-likeness (QED) is 0.516. The Bertz CT molecular complexity index is 1090. The lowest BCUT2D eigenvalue weighted by Gasteiger charge is -2.24. The van der Waals surface area contributed by atoms with E-state index in [2.05, 4.69) is 4.98 Å². The monoisotopic (exact) mass is 469 g/mol. The van der Waals surface area contributed by atoms with E-state index < -0.39 is 10.0 Å². The van der Waals surface area contributed by atoms with Crippen LogP contribution in [0.25, 0.3) is 0 Å². The zero-order chi connectivity index (χ0) is 21.0. The molecular formula is C19H17Cl2N3O3S2. The molecule has 0 fully saturated rings. The Morgan fingerprint density at radius 2 is 1.83 bits per heavy atom. The maximum Gasteiger partial charge on any atom is 0.266 e. The Labute approximate surface area is 183 Å². The van der Waals surface area contributed by atoms with Crippen molar-refractivity contribution in [2.75, 3.05) is 17.9 Å². The summed E-state index contributed by atoms with van der Waals surface area (Å²) >= 11 is 13.1. The van der Waals surface area contributed by atoms with Crippen molar-refractivity contribution in [1.82, 2.24) is 9.88 Å². The van der Waals surface area contributed by atoms with Gasteiger partial charge in [0, 0.05) is 25.2 Å². The molecule has 1 amide bonds. The number of carbonyl (C=O) groups excluding carboxylic acids is 1. The van der Waals surface area contributed by atoms with E-state index in [9.17, 15) is 13.2 Å². The van der Waals surface area contributed by atoms with Gasteiger partial charge >= 0.3 is 0 Å². The number of halogens is 2. The van der Waals surface area contributed by atoms with Gasteiger partial charge in [0.1, 0.15) is 6.54 Å². The molecule has 6 nitrogen and oxygen atoms in total. The molecule has 0 atom stereocenters. The van der Waals surface area contributed by atoms with E-state index in [1.54, 1.807) is 48.8 Å². The number of nitrogens with zero attached hydrogens (tertiary/aromatic N) is 3. The van der Waals surface area contributed by atoms with Gasteiger partial charge in [-0.05, 0) is 29.8 Å². The van der Waals surface area contributed by atoms with Gasteiger partial charge in [0.15, 0.2) is 5.13 Å². The number of likely N-dealkylation sites (N-methyl/N-ethyl adjacent to an activating group) is 1. The number of carbonyl (C=O) groups is 1. The molecular weight excluding hydrogens is 453 g/mol. The Kier molecular flexibility index (Phi) is 6.79. The van der Waals surface area contributed by atoms with Gasteiger partial charge in [0.2, 0.25) is 5.91 Å². The molecule has 29 heavy (non-hydrogen) atoms. The smallest absolute Gasteiger partial charge is 0.266 e. The molecule has 2 aromatic carbocycles. The fraction of sp³-hybridized carbons (Fsp3) is 0.158. The lowest BCUT2D eigenvalue weighted by molar-refractivity contribution is -0.128. The molecule has 0 bridgehead atoms. The number of amides is 1. The van der Waals surface area contributed by atoms with Crippen LogP contribution in [0.2, 0.25) is 10.0 Å². The topological polar surface area (TPSA) is 70.6 Å². The normalized spacial score (nSPS) is 11.3. The summed E-state index contributed by atoms with van der Waals surface area (Å²) in [5.74, 6) is -0.384. The lowest BCUT2D eigenvalue weighted by Crippen LogP contribution is -2.41. The Morgan fingerprint density at radius 1 is 1.10 bits per heavy atom. The molecule has 10 heteroatoms. The van der Waals surface area contributed by atoms with E-state index in [4.69, 9.17) is 23.2 Å². The third-order valence-electron chi connectivity index (χ3n) is 4.07. The highest BCUT2D eigenvalue weighted by atomic mass is 35.5. The first-order valence-electron chi connectivity index (χ1n) is 8.44. The Morgan fingerprint density at radius 3 is 2.45 bits per heavy atom. The van der Waals surface area contributed by atoms with Crippen molar-refractivity contribution in [2.24, 2.45) is 0 Å². The maximum atomic E-state index is 13.1. The van der Waals surface area contributed by atoms with Crippen molar-refractivity contribution in [3.05, 3.63) is 75.7 Å². The summed E-state index contributed by atoms with van der Waals surface area (Å²) < 4.78 is 27.3. The van der Waals surface area contributed by atoms with Crippen molar-refractivity contribution in [3.63, 3.8) is 0 Å². The van der Waals surface area contributed by atoms with Gasteiger partial charge in [-0.1, -0.05) is 47.5 Å². The van der Waals surface area contributed by atoms with Crippen molar-refractivity contribution in [2.45, 2.75) is 11.4 Å². The van der Waals surface area contributed by atoms with Crippen LogP contribution in [0, 0.1) is 0 Å². The highest BCUT2D eigenvalue weighted by molar-refractivity contribution is 7.93. The van der Waals surface area contributed by atoms with Crippen LogP contribution in [-0.2, 0) is 21.4 Å². The standard InChI is InChI=1S/C19H17Cl2N3O3S2/c1-23(12-14-7-8-16(20)17(21)11-14)18(25)13-24(19-22-9-10-28-19)29(26,27)15-5-3-2-4-6-15/h2-11H,12-13H2,1H3. The lowest BCUT2D eigenvalue weighted by atomic mass is 10.2. The number of thiazole rings is 1. The number of rotatable bonds is 7. The van der Waals surface area contributed by atoms with Crippen molar-refractivity contribution >= 4 is 55.6 Å². The molecule has 0 unspecified atom stereocenters. The third kappa shape index (κ3) is 5.08. The molecule has 0 aliphatic heterocycles. The maximum absolute atomic E-state index is 13.1. The molecule has 152 valence electrons. The van der Waals surface area contributed by atoms with Crippen LogP contribution in [0.15, 0.2) is 65.0 Å². The molecule has 3 rings (SSSR count). The van der Waals surface area contributed by atoms with E-state index >= 15 is 0 Å². The van der Waals surface area contributed by atoms with Crippen molar-refractivity contribution < 1.29 is 13.2 Å². The van der Waals surface area contributed by atoms with Crippen LogP contribution in [0.5, 0.6) is 0 Å². The minimum absolute atomic E-state index is 0.0927. The number of hydrogen-bond acceptors (Lipinski definition) is 5. The first kappa shape index (κ1) is 21.6. The van der Waals surface area contributed by atoms with Crippen molar-refractivity contribution in [1.29, 1.82) is 0 Å². The summed E-state index contributed by atoms with van der Waals surface area (Å²) in [4.78, 5) is 18.4. The van der Waals surface area contributed by atoms with E-state index in [1.165, 1.54) is 23.2 Å². The van der Waals surface area contributed by atoms with E-state index in [-0.39, 0.29) is 29.0 Å². The van der Waals surface area contributed by atoms with Crippen LogP contribution in [0.3, 0.4) is 0 Å². The van der Waals surface area contributed by atoms with E-state index in [1.807, 2.05) is 0 Å². The second-order valence-electron chi connectivity index (χ2n) is 6.14. The zero-order valence-electron chi connectivity index (χ0n) is 15.3. The molecule has 1 heterocycles. The highest BCUT2D eigenvalue weighted by Gasteiger charge is 2.29. The second-order valence-corrected chi connectivity index (χ2v) is 9.69. The number of benzene rings is 2. The summed E-state index contributed by atoms with van der Waals surface area (Å²) in [7, 11) is -2.35. The van der Waals surface area contributed by atoms with Gasteiger partial charge in [-0.2, -0.15) is 0 Å². The predicted octanol–water partition coefficient (Wildman–Crippen LogP) is 4.30. The molecule has 0 radical (unpaired) electrons. The minimum Gasteiger partial charge on any atom is -0.340 e. The average molecular weight is 470 g/mol. The number of hydrogen-bond donors (Lipinski definition) is 0. The Balaban J connectivity index is 1.82. The van der Waals surface area contributed by atoms with Crippen LogP contribution in [0.4, 0.5) is 5.13 Å². The van der Waals surface area contributed by atoms with Crippen molar-refractivity contribution in [3.8, 4) is 0 Å². The molecule has 1 aromatic heterocycles. The summed E-state index contributed by atoms with van der Waals surface area (Å²) in [6.07, 6.45) is 1.50. The molecule has 0 N–H and O–H groups in total. The van der Waals surface area contributed by atoms with Crippen LogP contribution in [0.1, 0.15) is 5.56 Å². The summed E-state index contributed by atoms with van der Waals surface area (Å²) in [6.45, 7) is -0.116. The number of anilines is 1. The van der Waals surface area contributed by atoms with Crippen LogP contribution in [-0.4, -0.2) is 37.8 Å². The van der Waals surface area contributed by atoms with Gasteiger partial charge in [0.05, 0.1) is 14.9 Å². The molecule has 0 aliphatic rings. The van der Waals surface area contributed by atoms with Gasteiger partial charge in [-0.25, -0.2) is 17.7 Å². The van der Waals surface area contributed by atoms with Gasteiger partial charge in [-0.15, -0.1) is 11.3 Å². The van der Waals surface area contributed by atoms with Crippen LogP contribution < -0.4 is 4.31 Å². The summed E-state index contributed by atoms with van der Waals surface area (Å²) in [6, 6.07) is 13.0. The fourth-order valence-electron chi connectivity index (χ4n) is 2.56. The minimum atomic E-state index is -3.94. The first-order chi connectivity index (χ1) is 13.8. The second kappa shape index (κ2) is 9.13. The molecule has 0 aliphatic carbocycles. The third-order valence-corrected chi connectivity index (χ3v) is 7.47. The molecule has 0 saturated heterocycles. The zero-order valence-corrected chi connectivity index (χ0v) is 18.5. The number of sulfonamides is 1. The first-order valence-corrected chi connectivity index (χ1v) is 11.5. The molecule has 3 aromatic rings. The largest absolute Gasteiger partial charge is 0.340 e. The molecule has 0 saturated carbocycles. The van der Waals surface area contributed by atoms with Crippen LogP contribution >= 0.6 is 34.5 Å². The SMILES string of the molecule is CN(Cc1ccc(Cl)c(Cl)c1)C(=O)CN(c1nccs1)S(=O)(=O)c1ccccc1. The van der Waals surface area contributed by atoms with Gasteiger partial charge in [-0.3, -0.25) is 4.79 Å². The number of aromatic nitrogens is 1. The summed E-state index contributed by atoms with van der Waals surface area (Å²) in [5.41, 5.74) is 0.780. The van der Waals surface area contributed by atoms with E-state index in [0.717, 1.165) is 21.2 Å². The molecule has 0 spiro atoms. The predicted molar refractivity (Wildman–Crippen MR) is 116 cm³/mol. The Hall–Kier alpha value is -2.13. The average Bonchev–Trinajstić information content (AvgIpc) is 3.23. The van der Waals surface area contributed by atoms with Gasteiger partial charge in [0.25, 0.3) is 10.0 Å². The van der Waals surface area contributed by atoms with E-state index in [0.29, 0.717) is 10.0 Å². The van der Waals surface area contributed by atoms with Gasteiger partial charge < -0.3 is 4.90 Å². The highest BCUT2D eigenvalue weighted by Crippen LogP contribution is 2.26.